The van der Waals surface area contributed by atoms with Gasteiger partial charge in [0.15, 0.2) is 0 Å². The second-order valence-electron chi connectivity index (χ2n) is 7.00. The number of pyridine rings is 1. The molecule has 1 aromatic carbocycles. The topological polar surface area (TPSA) is 45.7 Å². The standard InChI is InChI=1S/C20H27N3O2/c1-15-17-8-4-5-9-19(17)21-13-18(15)20(24)23(11-10-22(2)3)14-16-7-6-12-25-16/h4-5,8-9,13,16H,6-7,10-12,14H2,1-3H3/t16-/m1/s1. The quantitative estimate of drug-likeness (QED) is 0.810. The summed E-state index contributed by atoms with van der Waals surface area (Å²) in [5, 5.41) is 1.04. The van der Waals surface area contributed by atoms with Crippen molar-refractivity contribution < 1.29 is 9.53 Å². The molecule has 3 rings (SSSR count). The van der Waals surface area contributed by atoms with Gasteiger partial charge in [0.2, 0.25) is 0 Å². The molecule has 1 aliphatic heterocycles. The van der Waals surface area contributed by atoms with Crippen molar-refractivity contribution in [1.82, 2.24) is 14.8 Å². The first-order valence-corrected chi connectivity index (χ1v) is 8.96. The van der Waals surface area contributed by atoms with Crippen LogP contribution in [0.25, 0.3) is 10.9 Å². The van der Waals surface area contributed by atoms with E-state index in [1.165, 1.54) is 0 Å². The summed E-state index contributed by atoms with van der Waals surface area (Å²) in [6, 6.07) is 7.96. The van der Waals surface area contributed by atoms with Crippen LogP contribution in [0.2, 0.25) is 0 Å². The smallest absolute Gasteiger partial charge is 0.255 e. The highest BCUT2D eigenvalue weighted by Crippen LogP contribution is 2.22. The fourth-order valence-electron chi connectivity index (χ4n) is 3.30. The average molecular weight is 341 g/mol. The van der Waals surface area contributed by atoms with Crippen LogP contribution in [-0.2, 0) is 4.74 Å². The molecule has 1 aromatic heterocycles. The maximum absolute atomic E-state index is 13.2. The SMILES string of the molecule is Cc1c(C(=O)N(CCN(C)C)C[C@H]2CCCO2)cnc2ccccc12. The van der Waals surface area contributed by atoms with Crippen LogP contribution < -0.4 is 0 Å². The Morgan fingerprint density at radius 2 is 2.08 bits per heavy atom. The van der Waals surface area contributed by atoms with Crippen molar-refractivity contribution in [3.8, 4) is 0 Å². The fraction of sp³-hybridized carbons (Fsp3) is 0.500. The highest BCUT2D eigenvalue weighted by atomic mass is 16.5. The Balaban J connectivity index is 1.86. The normalized spacial score (nSPS) is 17.4. The number of hydrogen-bond acceptors (Lipinski definition) is 4. The molecule has 5 heteroatoms. The number of benzene rings is 1. The number of fused-ring (bicyclic) bond motifs is 1. The Morgan fingerprint density at radius 1 is 1.28 bits per heavy atom. The van der Waals surface area contributed by atoms with Crippen molar-refractivity contribution in [2.45, 2.75) is 25.9 Å². The van der Waals surface area contributed by atoms with Gasteiger partial charge in [-0.3, -0.25) is 9.78 Å². The number of carbonyl (C=O) groups excluding carboxylic acids is 1. The lowest BCUT2D eigenvalue weighted by atomic mass is 10.0. The molecule has 25 heavy (non-hydrogen) atoms. The highest BCUT2D eigenvalue weighted by Gasteiger charge is 2.25. The first kappa shape index (κ1) is 17.8. The zero-order valence-electron chi connectivity index (χ0n) is 15.4. The summed E-state index contributed by atoms with van der Waals surface area (Å²) in [6.07, 6.45) is 3.98. The van der Waals surface area contributed by atoms with E-state index in [0.717, 1.165) is 42.5 Å². The van der Waals surface area contributed by atoms with Crippen LogP contribution in [-0.4, -0.2) is 67.1 Å². The molecule has 0 saturated carbocycles. The third kappa shape index (κ3) is 4.17. The maximum Gasteiger partial charge on any atom is 0.255 e. The molecular formula is C20H27N3O2. The van der Waals surface area contributed by atoms with E-state index in [9.17, 15) is 4.79 Å². The monoisotopic (exact) mass is 341 g/mol. The summed E-state index contributed by atoms with van der Waals surface area (Å²) < 4.78 is 5.75. The molecule has 5 nitrogen and oxygen atoms in total. The summed E-state index contributed by atoms with van der Waals surface area (Å²) in [5.74, 6) is 0.0492. The largest absolute Gasteiger partial charge is 0.376 e. The molecule has 1 amide bonds. The zero-order chi connectivity index (χ0) is 17.8. The number of aromatic nitrogens is 1. The molecule has 134 valence electrons. The van der Waals surface area contributed by atoms with Gasteiger partial charge in [-0.15, -0.1) is 0 Å². The molecule has 0 unspecified atom stereocenters. The first-order valence-electron chi connectivity index (χ1n) is 8.96. The van der Waals surface area contributed by atoms with Crippen LogP contribution in [0.4, 0.5) is 0 Å². The lowest BCUT2D eigenvalue weighted by Gasteiger charge is -2.27. The van der Waals surface area contributed by atoms with Gasteiger partial charge in [-0.1, -0.05) is 18.2 Å². The molecule has 1 fully saturated rings. The van der Waals surface area contributed by atoms with E-state index in [1.807, 2.05) is 50.2 Å². The minimum atomic E-state index is 0.0492. The van der Waals surface area contributed by atoms with E-state index >= 15 is 0 Å². The van der Waals surface area contributed by atoms with Crippen LogP contribution in [0, 0.1) is 6.92 Å². The summed E-state index contributed by atoms with van der Waals surface area (Å²) in [5.41, 5.74) is 2.61. The van der Waals surface area contributed by atoms with E-state index in [0.29, 0.717) is 18.7 Å². The molecule has 0 bridgehead atoms. The Morgan fingerprint density at radius 3 is 2.80 bits per heavy atom. The molecule has 2 aromatic rings. The van der Waals surface area contributed by atoms with Gasteiger partial charge < -0.3 is 14.5 Å². The van der Waals surface area contributed by atoms with Gasteiger partial charge in [0.1, 0.15) is 0 Å². The number of hydrogen-bond donors (Lipinski definition) is 0. The van der Waals surface area contributed by atoms with Crippen molar-refractivity contribution in [3.05, 3.63) is 41.6 Å². The highest BCUT2D eigenvalue weighted by molar-refractivity contribution is 6.00. The number of amides is 1. The number of para-hydroxylation sites is 1. The molecule has 2 heterocycles. The Kier molecular flexibility index (Phi) is 5.66. The number of nitrogens with zero attached hydrogens (tertiary/aromatic N) is 3. The number of rotatable bonds is 6. The van der Waals surface area contributed by atoms with Crippen molar-refractivity contribution in [2.24, 2.45) is 0 Å². The van der Waals surface area contributed by atoms with E-state index < -0.39 is 0 Å². The predicted octanol–water partition coefficient (Wildman–Crippen LogP) is 2.73. The summed E-state index contributed by atoms with van der Waals surface area (Å²) in [6.45, 7) is 4.99. The minimum Gasteiger partial charge on any atom is -0.376 e. The van der Waals surface area contributed by atoms with Gasteiger partial charge in [-0.05, 0) is 45.5 Å². The number of likely N-dealkylation sites (N-methyl/N-ethyl adjacent to an activating group) is 1. The molecule has 1 atom stereocenters. The van der Waals surface area contributed by atoms with Gasteiger partial charge in [-0.25, -0.2) is 0 Å². The van der Waals surface area contributed by atoms with Crippen LogP contribution in [0.3, 0.4) is 0 Å². The van der Waals surface area contributed by atoms with Gasteiger partial charge in [0, 0.05) is 37.8 Å². The first-order chi connectivity index (χ1) is 12.1. The summed E-state index contributed by atoms with van der Waals surface area (Å²) >= 11 is 0. The van der Waals surface area contributed by atoms with Crippen LogP contribution in [0.1, 0.15) is 28.8 Å². The third-order valence-electron chi connectivity index (χ3n) is 4.83. The lowest BCUT2D eigenvalue weighted by Crippen LogP contribution is -2.41. The maximum atomic E-state index is 13.2. The van der Waals surface area contributed by atoms with E-state index in [4.69, 9.17) is 4.74 Å². The second-order valence-corrected chi connectivity index (χ2v) is 7.00. The van der Waals surface area contributed by atoms with Gasteiger partial charge >= 0.3 is 0 Å². The van der Waals surface area contributed by atoms with Gasteiger partial charge in [0.05, 0.1) is 17.2 Å². The van der Waals surface area contributed by atoms with Crippen molar-refractivity contribution >= 4 is 16.8 Å². The molecule has 0 radical (unpaired) electrons. The number of aryl methyl sites for hydroxylation is 1. The van der Waals surface area contributed by atoms with Gasteiger partial charge in [-0.2, -0.15) is 0 Å². The molecule has 0 spiro atoms. The Hall–Kier alpha value is -1.98. The molecule has 1 aliphatic rings. The van der Waals surface area contributed by atoms with E-state index in [1.54, 1.807) is 6.20 Å². The minimum absolute atomic E-state index is 0.0492. The van der Waals surface area contributed by atoms with Gasteiger partial charge in [0.25, 0.3) is 5.91 Å². The van der Waals surface area contributed by atoms with Crippen LogP contribution in [0.15, 0.2) is 30.5 Å². The Bertz CT molecular complexity index is 739. The van der Waals surface area contributed by atoms with Crippen LogP contribution >= 0.6 is 0 Å². The number of ether oxygens (including phenoxy) is 1. The molecule has 1 saturated heterocycles. The lowest BCUT2D eigenvalue weighted by molar-refractivity contribution is 0.0511. The average Bonchev–Trinajstić information content (AvgIpc) is 3.11. The summed E-state index contributed by atoms with van der Waals surface area (Å²) in [4.78, 5) is 21.7. The predicted molar refractivity (Wildman–Crippen MR) is 99.9 cm³/mol. The molecular weight excluding hydrogens is 314 g/mol. The summed E-state index contributed by atoms with van der Waals surface area (Å²) in [7, 11) is 4.05. The zero-order valence-corrected chi connectivity index (χ0v) is 15.4. The van der Waals surface area contributed by atoms with Crippen molar-refractivity contribution in [2.75, 3.05) is 40.3 Å². The Labute approximate surface area is 149 Å². The van der Waals surface area contributed by atoms with Crippen LogP contribution in [0.5, 0.6) is 0 Å². The third-order valence-corrected chi connectivity index (χ3v) is 4.83. The van der Waals surface area contributed by atoms with Crippen molar-refractivity contribution in [1.29, 1.82) is 0 Å². The van der Waals surface area contributed by atoms with Crippen molar-refractivity contribution in [3.63, 3.8) is 0 Å². The number of carbonyl (C=O) groups is 1. The molecule has 0 aliphatic carbocycles. The van der Waals surface area contributed by atoms with E-state index in [-0.39, 0.29) is 12.0 Å². The fourth-order valence-corrected chi connectivity index (χ4v) is 3.30. The molecule has 0 N–H and O–H groups in total. The second kappa shape index (κ2) is 7.93. The van der Waals surface area contributed by atoms with E-state index in [2.05, 4.69) is 9.88 Å².